The molecule has 12 heavy (non-hydrogen) atoms. The highest BCUT2D eigenvalue weighted by atomic mass is 32.2. The second kappa shape index (κ2) is 4.87. The van der Waals surface area contributed by atoms with Gasteiger partial charge in [-0.15, -0.1) is 11.8 Å². The first-order valence-electron chi connectivity index (χ1n) is 4.25. The van der Waals surface area contributed by atoms with Crippen molar-refractivity contribution < 1.29 is 5.11 Å². The first-order valence-corrected chi connectivity index (χ1v) is 5.24. The number of rotatable bonds is 4. The monoisotopic (exact) mass is 188 g/mol. The number of aliphatic hydroxyl groups is 1. The van der Waals surface area contributed by atoms with Crippen LogP contribution >= 0.6 is 11.8 Å². The minimum Gasteiger partial charge on any atom is -0.377 e. The van der Waals surface area contributed by atoms with E-state index < -0.39 is 6.23 Å². The van der Waals surface area contributed by atoms with Gasteiger partial charge in [-0.05, 0) is 13.0 Å². The van der Waals surface area contributed by atoms with E-state index in [0.717, 1.165) is 18.7 Å². The molecule has 0 aliphatic carbocycles. The molecular formula is C8H16N2OS. The molecule has 0 saturated carbocycles. The maximum atomic E-state index is 9.26. The first kappa shape index (κ1) is 10.1. The largest absolute Gasteiger partial charge is 0.377 e. The summed E-state index contributed by atoms with van der Waals surface area (Å²) in [5, 5.41) is 12.4. The van der Waals surface area contributed by atoms with Crippen LogP contribution < -0.4 is 11.1 Å². The average molecular weight is 188 g/mol. The first-order chi connectivity index (χ1) is 5.75. The minimum atomic E-state index is -0.790. The van der Waals surface area contributed by atoms with Gasteiger partial charge in [0, 0.05) is 10.7 Å². The summed E-state index contributed by atoms with van der Waals surface area (Å²) in [5.41, 5.74) is 5.44. The lowest BCUT2D eigenvalue weighted by atomic mass is 10.2. The van der Waals surface area contributed by atoms with Crippen molar-refractivity contribution in [2.75, 3.05) is 12.3 Å². The molecule has 1 aliphatic rings. The van der Waals surface area contributed by atoms with Crippen LogP contribution in [0.5, 0.6) is 0 Å². The van der Waals surface area contributed by atoms with E-state index in [9.17, 15) is 5.11 Å². The molecule has 4 N–H and O–H groups in total. The van der Waals surface area contributed by atoms with Crippen molar-refractivity contribution in [3.05, 3.63) is 11.0 Å². The lowest BCUT2D eigenvalue weighted by molar-refractivity contribution is 0.152. The quantitative estimate of drug-likeness (QED) is 0.554. The van der Waals surface area contributed by atoms with Crippen molar-refractivity contribution >= 4 is 11.8 Å². The summed E-state index contributed by atoms with van der Waals surface area (Å²) in [6.07, 6.45) is 2.45. The van der Waals surface area contributed by atoms with E-state index in [2.05, 4.69) is 11.4 Å². The van der Waals surface area contributed by atoms with Gasteiger partial charge in [0.25, 0.3) is 0 Å². The standard InChI is InChI=1S/C8H16N2OS/c1-2-10-7(8(9)11)6-4-3-5-12-6/h4,7-8,10-11H,2-3,5,9H2,1H3. The summed E-state index contributed by atoms with van der Waals surface area (Å²) in [6, 6.07) is -0.0671. The second-order valence-corrected chi connectivity index (χ2v) is 3.94. The summed E-state index contributed by atoms with van der Waals surface area (Å²) >= 11 is 1.78. The zero-order valence-electron chi connectivity index (χ0n) is 7.29. The van der Waals surface area contributed by atoms with Gasteiger partial charge in [0.2, 0.25) is 0 Å². The molecule has 0 aromatic carbocycles. The third-order valence-electron chi connectivity index (χ3n) is 1.80. The van der Waals surface area contributed by atoms with Gasteiger partial charge in [-0.1, -0.05) is 13.0 Å². The fraction of sp³-hybridized carbons (Fsp3) is 0.750. The van der Waals surface area contributed by atoms with Gasteiger partial charge in [-0.3, -0.25) is 0 Å². The van der Waals surface area contributed by atoms with Crippen molar-refractivity contribution in [3.63, 3.8) is 0 Å². The molecule has 2 unspecified atom stereocenters. The highest BCUT2D eigenvalue weighted by Gasteiger charge is 2.21. The van der Waals surface area contributed by atoms with E-state index in [1.165, 1.54) is 4.91 Å². The smallest absolute Gasteiger partial charge is 0.122 e. The molecule has 0 fully saturated rings. The van der Waals surface area contributed by atoms with Crippen molar-refractivity contribution in [2.45, 2.75) is 25.6 Å². The van der Waals surface area contributed by atoms with Gasteiger partial charge in [0.15, 0.2) is 0 Å². The molecule has 70 valence electrons. The Hall–Kier alpha value is -0.0300. The number of allylic oxidation sites excluding steroid dienone is 1. The zero-order chi connectivity index (χ0) is 8.97. The van der Waals surface area contributed by atoms with Gasteiger partial charge in [0.05, 0.1) is 6.04 Å². The van der Waals surface area contributed by atoms with Crippen molar-refractivity contribution in [2.24, 2.45) is 5.73 Å². The Morgan fingerprint density at radius 2 is 2.58 bits per heavy atom. The Labute approximate surface area is 77.4 Å². The van der Waals surface area contributed by atoms with Crippen LogP contribution in [0, 0.1) is 0 Å². The summed E-state index contributed by atoms with van der Waals surface area (Å²) in [4.78, 5) is 1.19. The SMILES string of the molecule is CCNC(C1=CCCS1)C(N)O. The van der Waals surface area contributed by atoms with Gasteiger partial charge in [-0.2, -0.15) is 0 Å². The van der Waals surface area contributed by atoms with E-state index in [-0.39, 0.29) is 6.04 Å². The van der Waals surface area contributed by atoms with Crippen LogP contribution in [0.4, 0.5) is 0 Å². The van der Waals surface area contributed by atoms with Crippen LogP contribution in [-0.4, -0.2) is 29.7 Å². The number of nitrogens with two attached hydrogens (primary N) is 1. The number of nitrogens with one attached hydrogen (secondary N) is 1. The third-order valence-corrected chi connectivity index (χ3v) is 3.00. The zero-order valence-corrected chi connectivity index (χ0v) is 8.10. The predicted octanol–water partition coefficient (Wildman–Crippen LogP) is 0.262. The Balaban J connectivity index is 2.52. The number of thioether (sulfide) groups is 1. The fourth-order valence-electron chi connectivity index (χ4n) is 1.26. The second-order valence-electron chi connectivity index (χ2n) is 2.77. The minimum absolute atomic E-state index is 0.0671. The maximum Gasteiger partial charge on any atom is 0.122 e. The topological polar surface area (TPSA) is 58.3 Å². The molecular weight excluding hydrogens is 172 g/mol. The number of hydrogen-bond acceptors (Lipinski definition) is 4. The molecule has 1 aliphatic heterocycles. The molecule has 2 atom stereocenters. The average Bonchev–Trinajstić information content (AvgIpc) is 2.51. The van der Waals surface area contributed by atoms with Crippen LogP contribution in [0.3, 0.4) is 0 Å². The number of aliphatic hydroxyl groups excluding tert-OH is 1. The summed E-state index contributed by atoms with van der Waals surface area (Å²) < 4.78 is 0. The molecule has 4 heteroatoms. The highest BCUT2D eigenvalue weighted by molar-refractivity contribution is 8.03. The lowest BCUT2D eigenvalue weighted by Gasteiger charge is -2.21. The molecule has 0 spiro atoms. The van der Waals surface area contributed by atoms with Crippen LogP contribution in [0.2, 0.25) is 0 Å². The predicted molar refractivity (Wildman–Crippen MR) is 52.8 cm³/mol. The van der Waals surface area contributed by atoms with Gasteiger partial charge in [-0.25, -0.2) is 0 Å². The van der Waals surface area contributed by atoms with E-state index in [4.69, 9.17) is 5.73 Å². The van der Waals surface area contributed by atoms with Crippen molar-refractivity contribution in [1.82, 2.24) is 5.32 Å². The molecule has 3 nitrogen and oxygen atoms in total. The molecule has 1 heterocycles. The summed E-state index contributed by atoms with van der Waals surface area (Å²) in [7, 11) is 0. The lowest BCUT2D eigenvalue weighted by Crippen LogP contribution is -2.45. The summed E-state index contributed by atoms with van der Waals surface area (Å²) in [5.74, 6) is 1.12. The highest BCUT2D eigenvalue weighted by Crippen LogP contribution is 2.28. The molecule has 0 saturated heterocycles. The van der Waals surface area contributed by atoms with Crippen molar-refractivity contribution in [1.29, 1.82) is 0 Å². The Morgan fingerprint density at radius 1 is 1.83 bits per heavy atom. The van der Waals surface area contributed by atoms with Crippen LogP contribution in [0.15, 0.2) is 11.0 Å². The van der Waals surface area contributed by atoms with Crippen LogP contribution in [-0.2, 0) is 0 Å². The number of likely N-dealkylation sites (N-methyl/N-ethyl adjacent to an activating group) is 1. The normalized spacial score (nSPS) is 22.1. The van der Waals surface area contributed by atoms with Crippen molar-refractivity contribution in [3.8, 4) is 0 Å². The Kier molecular flexibility index (Phi) is 4.08. The molecule has 1 rings (SSSR count). The fourth-order valence-corrected chi connectivity index (χ4v) is 2.37. The van der Waals surface area contributed by atoms with Gasteiger partial charge in [0.1, 0.15) is 6.23 Å². The number of hydrogen-bond donors (Lipinski definition) is 3. The van der Waals surface area contributed by atoms with E-state index in [1.807, 2.05) is 6.92 Å². The van der Waals surface area contributed by atoms with Crippen LogP contribution in [0.25, 0.3) is 0 Å². The Bertz CT molecular complexity index is 170. The van der Waals surface area contributed by atoms with E-state index in [1.54, 1.807) is 11.8 Å². The maximum absolute atomic E-state index is 9.26. The molecule has 0 amide bonds. The Morgan fingerprint density at radius 3 is 3.00 bits per heavy atom. The molecule has 0 bridgehead atoms. The summed E-state index contributed by atoms with van der Waals surface area (Å²) in [6.45, 7) is 2.84. The van der Waals surface area contributed by atoms with Crippen LogP contribution in [0.1, 0.15) is 13.3 Å². The third kappa shape index (κ3) is 2.48. The molecule has 0 aromatic rings. The van der Waals surface area contributed by atoms with Gasteiger partial charge >= 0.3 is 0 Å². The van der Waals surface area contributed by atoms with E-state index in [0.29, 0.717) is 0 Å². The molecule has 0 aromatic heterocycles. The molecule has 0 radical (unpaired) electrons. The van der Waals surface area contributed by atoms with E-state index >= 15 is 0 Å². The van der Waals surface area contributed by atoms with Gasteiger partial charge < -0.3 is 16.2 Å².